The second-order valence-corrected chi connectivity index (χ2v) is 6.81. The molecule has 2 aromatic rings. The highest BCUT2D eigenvalue weighted by Gasteiger charge is 2.27. The molecule has 3 rings (SSSR count). The Bertz CT molecular complexity index is 708. The molecule has 1 aliphatic heterocycles. The maximum atomic E-state index is 5.44. The van der Waals surface area contributed by atoms with Gasteiger partial charge in [-0.2, -0.15) is 0 Å². The molecule has 0 amide bonds. The molecule has 0 saturated carbocycles. The van der Waals surface area contributed by atoms with E-state index >= 15 is 0 Å². The predicted octanol–water partition coefficient (Wildman–Crippen LogP) is 4.66. The van der Waals surface area contributed by atoms with E-state index in [4.69, 9.17) is 9.47 Å². The predicted molar refractivity (Wildman–Crippen MR) is 104 cm³/mol. The van der Waals surface area contributed by atoms with E-state index in [0.717, 1.165) is 30.9 Å². The van der Waals surface area contributed by atoms with Gasteiger partial charge in [-0.05, 0) is 54.8 Å². The van der Waals surface area contributed by atoms with Gasteiger partial charge in [-0.3, -0.25) is 4.90 Å². The zero-order chi connectivity index (χ0) is 16.4. The van der Waals surface area contributed by atoms with Crippen molar-refractivity contribution in [2.45, 2.75) is 18.9 Å². The van der Waals surface area contributed by atoms with Gasteiger partial charge in [-0.25, -0.2) is 0 Å². The molecular weight excluding hydrogens is 390 g/mol. The maximum Gasteiger partial charge on any atom is 0.160 e. The van der Waals surface area contributed by atoms with Crippen LogP contribution in [0.4, 0.5) is 0 Å². The molecule has 5 heteroatoms. The minimum Gasteiger partial charge on any atom is -0.493 e. The fourth-order valence-electron chi connectivity index (χ4n) is 3.33. The van der Waals surface area contributed by atoms with E-state index in [2.05, 4.69) is 58.2 Å². The summed E-state index contributed by atoms with van der Waals surface area (Å²) in [6.45, 7) is 1.08. The summed E-state index contributed by atoms with van der Waals surface area (Å²) in [7, 11) is 5.55. The number of hydrogen-bond acceptors (Lipinski definition) is 3. The van der Waals surface area contributed by atoms with Crippen LogP contribution in [-0.4, -0.2) is 32.7 Å². The molecule has 24 heavy (non-hydrogen) atoms. The average molecular weight is 413 g/mol. The fourth-order valence-corrected chi connectivity index (χ4v) is 4.01. The summed E-state index contributed by atoms with van der Waals surface area (Å²) in [6, 6.07) is 13.1. The first kappa shape index (κ1) is 19.1. The Hall–Kier alpha value is -1.23. The second kappa shape index (κ2) is 8.24. The Balaban J connectivity index is 0.00000208. The van der Waals surface area contributed by atoms with Gasteiger partial charge in [0.25, 0.3) is 0 Å². The lowest BCUT2D eigenvalue weighted by atomic mass is 9.89. The summed E-state index contributed by atoms with van der Waals surface area (Å²) in [5.74, 6) is 1.56. The molecule has 1 unspecified atom stereocenters. The van der Waals surface area contributed by atoms with E-state index in [9.17, 15) is 0 Å². The highest BCUT2D eigenvalue weighted by Crippen LogP contribution is 2.37. The van der Waals surface area contributed by atoms with Crippen LogP contribution in [0.1, 0.15) is 22.7 Å². The molecule has 0 aromatic heterocycles. The summed E-state index contributed by atoms with van der Waals surface area (Å²) >= 11 is 3.74. The Morgan fingerprint density at radius 2 is 1.88 bits per heavy atom. The number of halogens is 2. The molecular formula is C19H23BrClNO2. The van der Waals surface area contributed by atoms with Crippen LogP contribution in [0.5, 0.6) is 11.5 Å². The van der Waals surface area contributed by atoms with Crippen LogP contribution in [0.3, 0.4) is 0 Å². The lowest BCUT2D eigenvalue weighted by Gasteiger charge is -2.35. The van der Waals surface area contributed by atoms with Gasteiger partial charge in [-0.15, -0.1) is 12.4 Å². The van der Waals surface area contributed by atoms with Crippen LogP contribution in [0, 0.1) is 0 Å². The summed E-state index contributed by atoms with van der Waals surface area (Å²) in [4.78, 5) is 2.43. The second-order valence-electron chi connectivity index (χ2n) is 5.95. The Morgan fingerprint density at radius 3 is 2.58 bits per heavy atom. The van der Waals surface area contributed by atoms with Crippen LogP contribution in [-0.2, 0) is 12.8 Å². The van der Waals surface area contributed by atoms with Gasteiger partial charge < -0.3 is 9.47 Å². The largest absolute Gasteiger partial charge is 0.493 e. The van der Waals surface area contributed by atoms with E-state index in [1.807, 2.05) is 6.07 Å². The van der Waals surface area contributed by atoms with Gasteiger partial charge >= 0.3 is 0 Å². The van der Waals surface area contributed by atoms with E-state index in [0.29, 0.717) is 6.04 Å². The van der Waals surface area contributed by atoms with Crippen molar-refractivity contribution in [3.63, 3.8) is 0 Å². The average Bonchev–Trinajstić information content (AvgIpc) is 2.57. The topological polar surface area (TPSA) is 21.7 Å². The third-order valence-corrected chi connectivity index (χ3v) is 5.31. The molecule has 1 heterocycles. The first-order valence-electron chi connectivity index (χ1n) is 7.82. The van der Waals surface area contributed by atoms with E-state index in [-0.39, 0.29) is 12.4 Å². The third kappa shape index (κ3) is 3.71. The third-order valence-electron chi connectivity index (χ3n) is 4.62. The molecule has 3 nitrogen and oxygen atoms in total. The maximum absolute atomic E-state index is 5.44. The summed E-state index contributed by atoms with van der Waals surface area (Å²) < 4.78 is 12.0. The molecule has 1 atom stereocenters. The minimum absolute atomic E-state index is 0. The Labute approximate surface area is 158 Å². The van der Waals surface area contributed by atoms with Crippen LogP contribution in [0.15, 0.2) is 40.9 Å². The smallest absolute Gasteiger partial charge is 0.160 e. The number of benzene rings is 2. The number of methoxy groups -OCH3 is 2. The summed E-state index contributed by atoms with van der Waals surface area (Å²) in [5.41, 5.74) is 4.11. The van der Waals surface area contributed by atoms with Crippen LogP contribution < -0.4 is 9.47 Å². The first-order chi connectivity index (χ1) is 11.1. The van der Waals surface area contributed by atoms with Crippen molar-refractivity contribution >= 4 is 28.3 Å². The Morgan fingerprint density at radius 1 is 1.12 bits per heavy atom. The molecule has 0 fully saturated rings. The fraction of sp³-hybridized carbons (Fsp3) is 0.368. The zero-order valence-electron chi connectivity index (χ0n) is 14.2. The van der Waals surface area contributed by atoms with Crippen molar-refractivity contribution in [3.05, 3.63) is 57.6 Å². The van der Waals surface area contributed by atoms with Gasteiger partial charge in [0, 0.05) is 17.1 Å². The van der Waals surface area contributed by atoms with Crippen molar-refractivity contribution in [2.24, 2.45) is 0 Å². The summed E-state index contributed by atoms with van der Waals surface area (Å²) in [5, 5.41) is 0. The molecule has 1 aliphatic rings. The van der Waals surface area contributed by atoms with Gasteiger partial charge in [0.1, 0.15) is 0 Å². The quantitative estimate of drug-likeness (QED) is 0.729. The van der Waals surface area contributed by atoms with E-state index < -0.39 is 0 Å². The molecule has 0 saturated heterocycles. The van der Waals surface area contributed by atoms with E-state index in [1.54, 1.807) is 14.2 Å². The lowest BCUT2D eigenvalue weighted by Crippen LogP contribution is -2.33. The van der Waals surface area contributed by atoms with Crippen molar-refractivity contribution in [2.75, 3.05) is 27.8 Å². The molecule has 130 valence electrons. The number of ether oxygens (including phenoxy) is 2. The van der Waals surface area contributed by atoms with Crippen LogP contribution in [0.2, 0.25) is 0 Å². The molecule has 0 aliphatic carbocycles. The van der Waals surface area contributed by atoms with Gasteiger partial charge in [0.15, 0.2) is 11.5 Å². The van der Waals surface area contributed by atoms with Crippen molar-refractivity contribution in [1.29, 1.82) is 0 Å². The van der Waals surface area contributed by atoms with Crippen molar-refractivity contribution in [3.8, 4) is 11.5 Å². The highest BCUT2D eigenvalue weighted by atomic mass is 79.9. The van der Waals surface area contributed by atoms with Crippen molar-refractivity contribution < 1.29 is 9.47 Å². The zero-order valence-corrected chi connectivity index (χ0v) is 16.6. The van der Waals surface area contributed by atoms with Crippen molar-refractivity contribution in [1.82, 2.24) is 4.90 Å². The first-order valence-corrected chi connectivity index (χ1v) is 8.61. The van der Waals surface area contributed by atoms with Gasteiger partial charge in [-0.1, -0.05) is 34.1 Å². The minimum atomic E-state index is 0. The number of hydrogen-bond donors (Lipinski definition) is 0. The molecule has 0 spiro atoms. The van der Waals surface area contributed by atoms with Gasteiger partial charge in [0.2, 0.25) is 0 Å². The Kier molecular flexibility index (Phi) is 6.55. The summed E-state index contributed by atoms with van der Waals surface area (Å²) in [6.07, 6.45) is 2.06. The van der Waals surface area contributed by atoms with Crippen LogP contribution in [0.25, 0.3) is 0 Å². The molecule has 2 aromatic carbocycles. The SMILES string of the molecule is COc1ccc(CC2c3c(Br)cccc3CCN2C)cc1OC.Cl. The molecule has 0 radical (unpaired) electrons. The standard InChI is InChI=1S/C19H22BrNO2.ClH/c1-21-10-9-14-5-4-6-15(20)19(14)16(21)11-13-7-8-17(22-2)18(12-13)23-3;/h4-8,12,16H,9-11H2,1-3H3;1H. The molecule has 0 bridgehead atoms. The normalized spacial score (nSPS) is 16.9. The van der Waals surface area contributed by atoms with Gasteiger partial charge in [0.05, 0.1) is 14.2 Å². The number of likely N-dealkylation sites (N-methyl/N-ethyl adjacent to an activating group) is 1. The highest BCUT2D eigenvalue weighted by molar-refractivity contribution is 9.10. The monoisotopic (exact) mass is 411 g/mol. The molecule has 0 N–H and O–H groups in total. The number of nitrogens with zero attached hydrogens (tertiary/aromatic N) is 1. The van der Waals surface area contributed by atoms with Crippen LogP contribution >= 0.6 is 28.3 Å². The van der Waals surface area contributed by atoms with E-state index in [1.165, 1.54) is 21.2 Å². The number of rotatable bonds is 4. The lowest BCUT2D eigenvalue weighted by molar-refractivity contribution is 0.228. The number of fused-ring (bicyclic) bond motifs is 1.